The van der Waals surface area contributed by atoms with Crippen LogP contribution in [0.4, 0.5) is 0 Å². The number of rotatable bonds is 3. The van der Waals surface area contributed by atoms with Crippen molar-refractivity contribution in [2.45, 2.75) is 32.8 Å². The van der Waals surface area contributed by atoms with Crippen LogP contribution < -0.4 is 0 Å². The minimum atomic E-state index is -0.319. The summed E-state index contributed by atoms with van der Waals surface area (Å²) >= 11 is 6.00. The summed E-state index contributed by atoms with van der Waals surface area (Å²) in [6, 6.07) is 0. The molecule has 1 unspecified atom stereocenters. The summed E-state index contributed by atoms with van der Waals surface area (Å²) in [7, 11) is 1.80. The van der Waals surface area contributed by atoms with Gasteiger partial charge in [0, 0.05) is 19.0 Å². The molecule has 0 aromatic carbocycles. The lowest BCUT2D eigenvalue weighted by atomic mass is 10.1. The van der Waals surface area contributed by atoms with Crippen LogP contribution in [0.1, 0.15) is 24.6 Å². The third kappa shape index (κ3) is 2.23. The van der Waals surface area contributed by atoms with Gasteiger partial charge in [0.05, 0.1) is 11.8 Å². The van der Waals surface area contributed by atoms with Crippen LogP contribution in [0.2, 0.25) is 5.15 Å². The first kappa shape index (κ1) is 10.5. The van der Waals surface area contributed by atoms with E-state index in [1.807, 2.05) is 13.8 Å². The normalized spacial score (nSPS) is 13.3. The Morgan fingerprint density at radius 3 is 2.62 bits per heavy atom. The van der Waals surface area contributed by atoms with Gasteiger partial charge < -0.3 is 5.11 Å². The van der Waals surface area contributed by atoms with Crippen molar-refractivity contribution < 1.29 is 5.11 Å². The Kier molecular flexibility index (Phi) is 3.33. The molecule has 0 fully saturated rings. The lowest BCUT2D eigenvalue weighted by molar-refractivity contribution is 0.170. The Labute approximate surface area is 83.3 Å². The fraction of sp³-hybridized carbons (Fsp3) is 0.667. The lowest BCUT2D eigenvalue weighted by Gasteiger charge is -2.06. The second-order valence-electron chi connectivity index (χ2n) is 3.24. The summed E-state index contributed by atoms with van der Waals surface area (Å²) in [5.74, 6) is 0. The highest BCUT2D eigenvalue weighted by Gasteiger charge is 2.13. The van der Waals surface area contributed by atoms with E-state index in [9.17, 15) is 5.11 Å². The maximum atomic E-state index is 9.47. The minimum Gasteiger partial charge on any atom is -0.393 e. The molecule has 0 aliphatic heterocycles. The van der Waals surface area contributed by atoms with Crippen LogP contribution in [-0.2, 0) is 13.5 Å². The van der Waals surface area contributed by atoms with Gasteiger partial charge >= 0.3 is 0 Å². The highest BCUT2D eigenvalue weighted by Crippen LogP contribution is 2.20. The molecule has 1 N–H and O–H groups in total. The Balaban J connectivity index is 2.87. The number of nitrogens with zero attached hydrogens (tertiary/aromatic N) is 2. The molecule has 74 valence electrons. The summed E-state index contributed by atoms with van der Waals surface area (Å²) in [5.41, 5.74) is 1.86. The van der Waals surface area contributed by atoms with Crippen molar-refractivity contribution in [2.24, 2.45) is 7.05 Å². The van der Waals surface area contributed by atoms with E-state index in [4.69, 9.17) is 11.6 Å². The quantitative estimate of drug-likeness (QED) is 0.810. The molecule has 0 bridgehead atoms. The second-order valence-corrected chi connectivity index (χ2v) is 3.60. The number of aliphatic hydroxyl groups is 1. The number of hydrogen-bond donors (Lipinski definition) is 1. The molecule has 0 radical (unpaired) electrons. The molecule has 0 spiro atoms. The zero-order valence-corrected chi connectivity index (χ0v) is 8.97. The first-order chi connectivity index (χ1) is 6.06. The predicted molar refractivity (Wildman–Crippen MR) is 53.0 cm³/mol. The van der Waals surface area contributed by atoms with Gasteiger partial charge in [-0.3, -0.25) is 4.68 Å². The fourth-order valence-electron chi connectivity index (χ4n) is 1.29. The van der Waals surface area contributed by atoms with E-state index in [-0.39, 0.29) is 6.10 Å². The van der Waals surface area contributed by atoms with E-state index in [1.54, 1.807) is 11.7 Å². The van der Waals surface area contributed by atoms with E-state index in [0.29, 0.717) is 11.6 Å². The smallest absolute Gasteiger partial charge is 0.130 e. The Hall–Kier alpha value is -0.540. The van der Waals surface area contributed by atoms with Crippen molar-refractivity contribution >= 4 is 11.6 Å². The van der Waals surface area contributed by atoms with Gasteiger partial charge in [-0.2, -0.15) is 5.10 Å². The van der Waals surface area contributed by atoms with Gasteiger partial charge in [-0.15, -0.1) is 0 Å². The van der Waals surface area contributed by atoms with Crippen LogP contribution in [0, 0.1) is 6.92 Å². The van der Waals surface area contributed by atoms with E-state index >= 15 is 0 Å². The molecular weight excluding hydrogens is 188 g/mol. The molecule has 13 heavy (non-hydrogen) atoms. The lowest BCUT2D eigenvalue weighted by Crippen LogP contribution is -2.09. The molecule has 0 saturated carbocycles. The average molecular weight is 203 g/mol. The third-order valence-corrected chi connectivity index (χ3v) is 2.65. The minimum absolute atomic E-state index is 0.319. The summed E-state index contributed by atoms with van der Waals surface area (Å²) in [6.45, 7) is 3.86. The first-order valence-corrected chi connectivity index (χ1v) is 4.80. The number of aryl methyl sites for hydroxylation is 2. The van der Waals surface area contributed by atoms with Crippen molar-refractivity contribution in [3.05, 3.63) is 16.4 Å². The van der Waals surface area contributed by atoms with Crippen molar-refractivity contribution in [1.82, 2.24) is 9.78 Å². The second kappa shape index (κ2) is 4.11. The van der Waals surface area contributed by atoms with Gasteiger partial charge in [0.15, 0.2) is 0 Å². The Bertz CT molecular complexity index is 296. The number of aromatic nitrogens is 2. The standard InChI is InChI=1S/C9H15ClN2O/c1-4-7(13)5-8-6(2)11-12(3)9(8)10/h7,13H,4-5H2,1-3H3. The predicted octanol–water partition coefficient (Wildman–Crippen LogP) is 1.70. The van der Waals surface area contributed by atoms with Gasteiger partial charge in [0.25, 0.3) is 0 Å². The van der Waals surface area contributed by atoms with Gasteiger partial charge in [-0.1, -0.05) is 18.5 Å². The van der Waals surface area contributed by atoms with Crippen LogP contribution in [0.5, 0.6) is 0 Å². The zero-order valence-electron chi connectivity index (χ0n) is 8.21. The summed E-state index contributed by atoms with van der Waals surface area (Å²) in [6.07, 6.45) is 1.01. The maximum Gasteiger partial charge on any atom is 0.130 e. The van der Waals surface area contributed by atoms with Crippen LogP contribution >= 0.6 is 11.6 Å². The average Bonchev–Trinajstić information content (AvgIpc) is 2.32. The molecule has 1 aromatic heterocycles. The van der Waals surface area contributed by atoms with Gasteiger partial charge in [-0.05, 0) is 13.3 Å². The van der Waals surface area contributed by atoms with E-state index in [0.717, 1.165) is 17.7 Å². The SMILES string of the molecule is CCC(O)Cc1c(C)nn(C)c1Cl. The molecule has 1 aromatic rings. The van der Waals surface area contributed by atoms with Crippen molar-refractivity contribution in [3.8, 4) is 0 Å². The molecule has 0 aliphatic rings. The molecule has 1 rings (SSSR count). The monoisotopic (exact) mass is 202 g/mol. The third-order valence-electron chi connectivity index (χ3n) is 2.18. The van der Waals surface area contributed by atoms with Crippen molar-refractivity contribution in [1.29, 1.82) is 0 Å². The van der Waals surface area contributed by atoms with Gasteiger partial charge in [-0.25, -0.2) is 0 Å². The van der Waals surface area contributed by atoms with Gasteiger partial charge in [0.1, 0.15) is 5.15 Å². The molecule has 4 heteroatoms. The molecule has 3 nitrogen and oxygen atoms in total. The van der Waals surface area contributed by atoms with Crippen molar-refractivity contribution in [3.63, 3.8) is 0 Å². The number of aliphatic hydroxyl groups excluding tert-OH is 1. The van der Waals surface area contributed by atoms with Crippen LogP contribution in [-0.4, -0.2) is 21.0 Å². The summed E-state index contributed by atoms with van der Waals surface area (Å²) < 4.78 is 1.63. The Morgan fingerprint density at radius 2 is 2.23 bits per heavy atom. The van der Waals surface area contributed by atoms with E-state index < -0.39 is 0 Å². The number of hydrogen-bond acceptors (Lipinski definition) is 2. The fourth-order valence-corrected chi connectivity index (χ4v) is 1.54. The van der Waals surface area contributed by atoms with Gasteiger partial charge in [0.2, 0.25) is 0 Å². The topological polar surface area (TPSA) is 38.1 Å². The molecular formula is C9H15ClN2O. The van der Waals surface area contributed by atoms with Crippen molar-refractivity contribution in [2.75, 3.05) is 0 Å². The molecule has 0 saturated heterocycles. The highest BCUT2D eigenvalue weighted by atomic mass is 35.5. The summed E-state index contributed by atoms with van der Waals surface area (Å²) in [5, 5.41) is 14.3. The largest absolute Gasteiger partial charge is 0.393 e. The first-order valence-electron chi connectivity index (χ1n) is 4.42. The Morgan fingerprint density at radius 1 is 1.62 bits per heavy atom. The van der Waals surface area contributed by atoms with E-state index in [2.05, 4.69) is 5.10 Å². The van der Waals surface area contributed by atoms with Crippen LogP contribution in [0.15, 0.2) is 0 Å². The van der Waals surface area contributed by atoms with Crippen LogP contribution in [0.3, 0.4) is 0 Å². The van der Waals surface area contributed by atoms with Crippen LogP contribution in [0.25, 0.3) is 0 Å². The zero-order chi connectivity index (χ0) is 10.0. The highest BCUT2D eigenvalue weighted by molar-refractivity contribution is 6.30. The molecule has 0 aliphatic carbocycles. The molecule has 0 amide bonds. The van der Waals surface area contributed by atoms with E-state index in [1.165, 1.54) is 0 Å². The molecule has 1 heterocycles. The summed E-state index contributed by atoms with van der Waals surface area (Å²) in [4.78, 5) is 0. The number of halogens is 1. The maximum absolute atomic E-state index is 9.47. The molecule has 1 atom stereocenters.